The fraction of sp³-hybridized carbons (Fsp3) is 0.333. The summed E-state index contributed by atoms with van der Waals surface area (Å²) in [7, 11) is 0. The van der Waals surface area contributed by atoms with Gasteiger partial charge in [-0.25, -0.2) is 4.98 Å². The molecule has 34 heavy (non-hydrogen) atoms. The number of thioether (sulfide) groups is 1. The third-order valence-corrected chi connectivity index (χ3v) is 8.24. The van der Waals surface area contributed by atoms with E-state index in [2.05, 4.69) is 5.32 Å². The maximum atomic E-state index is 13.6. The van der Waals surface area contributed by atoms with Crippen molar-refractivity contribution in [2.75, 3.05) is 5.75 Å². The molecule has 4 aromatic rings. The van der Waals surface area contributed by atoms with Gasteiger partial charge in [-0.1, -0.05) is 60.6 Å². The van der Waals surface area contributed by atoms with E-state index in [0.29, 0.717) is 31.7 Å². The summed E-state index contributed by atoms with van der Waals surface area (Å²) in [6.45, 7) is 0.389. The molecule has 1 aliphatic carbocycles. The van der Waals surface area contributed by atoms with E-state index >= 15 is 0 Å². The highest BCUT2D eigenvalue weighted by Gasteiger charge is 2.21. The topological polar surface area (TPSA) is 82.1 Å². The van der Waals surface area contributed by atoms with Crippen LogP contribution in [0.4, 0.5) is 0 Å². The number of rotatable bonds is 7. The van der Waals surface area contributed by atoms with E-state index in [1.807, 2.05) is 47.0 Å². The number of nitrogens with one attached hydrogen (secondary N) is 1. The first kappa shape index (κ1) is 23.1. The molecule has 5 rings (SSSR count). The average molecular weight is 513 g/mol. The van der Waals surface area contributed by atoms with Gasteiger partial charge < -0.3 is 9.73 Å². The van der Waals surface area contributed by atoms with E-state index in [9.17, 15) is 9.59 Å². The second-order valence-electron chi connectivity index (χ2n) is 8.25. The molecule has 0 spiro atoms. The Hall–Kier alpha value is -2.69. The maximum Gasteiger partial charge on any atom is 0.278 e. The van der Waals surface area contributed by atoms with Gasteiger partial charge in [-0.05, 0) is 49.3 Å². The lowest BCUT2D eigenvalue weighted by Crippen LogP contribution is -2.37. The number of thiazole rings is 1. The van der Waals surface area contributed by atoms with Crippen LogP contribution < -0.4 is 10.9 Å². The molecule has 1 aliphatic rings. The number of carbonyl (C=O) groups is 1. The van der Waals surface area contributed by atoms with Crippen LogP contribution in [0.5, 0.6) is 0 Å². The summed E-state index contributed by atoms with van der Waals surface area (Å²) in [4.78, 5) is 31.1. The lowest BCUT2D eigenvalue weighted by molar-refractivity contribution is -0.119. The Balaban J connectivity index is 1.51. The summed E-state index contributed by atoms with van der Waals surface area (Å²) < 4.78 is 9.90. The molecular weight excluding hydrogens is 488 g/mol. The summed E-state index contributed by atoms with van der Waals surface area (Å²) in [5.74, 6) is 0.874. The summed E-state index contributed by atoms with van der Waals surface area (Å²) >= 11 is 8.08. The van der Waals surface area contributed by atoms with E-state index in [1.165, 1.54) is 29.5 Å². The highest BCUT2D eigenvalue weighted by atomic mass is 32.2. The first-order chi connectivity index (χ1) is 16.6. The summed E-state index contributed by atoms with van der Waals surface area (Å²) in [5.41, 5.74) is 1.02. The quantitative estimate of drug-likeness (QED) is 0.209. The van der Waals surface area contributed by atoms with Gasteiger partial charge in [0.05, 0.1) is 24.2 Å². The van der Waals surface area contributed by atoms with Crippen molar-refractivity contribution < 1.29 is 9.21 Å². The fourth-order valence-electron chi connectivity index (χ4n) is 4.22. The van der Waals surface area contributed by atoms with E-state index in [-0.39, 0.29) is 23.3 Å². The Morgan fingerprint density at radius 2 is 1.97 bits per heavy atom. The van der Waals surface area contributed by atoms with Crippen LogP contribution in [0.15, 0.2) is 63.1 Å². The van der Waals surface area contributed by atoms with E-state index in [1.54, 1.807) is 10.8 Å². The van der Waals surface area contributed by atoms with Crippen molar-refractivity contribution in [3.05, 3.63) is 68.8 Å². The predicted molar refractivity (Wildman–Crippen MR) is 138 cm³/mol. The van der Waals surface area contributed by atoms with Crippen LogP contribution in [-0.2, 0) is 11.3 Å². The molecule has 1 N–H and O–H groups in total. The number of hydrogen-bond donors (Lipinski definition) is 1. The van der Waals surface area contributed by atoms with Crippen molar-refractivity contribution in [1.82, 2.24) is 19.4 Å². The highest BCUT2D eigenvalue weighted by molar-refractivity contribution is 7.99. The molecule has 0 atom stereocenters. The minimum Gasteiger partial charge on any atom is -0.467 e. The van der Waals surface area contributed by atoms with Gasteiger partial charge in [-0.15, -0.1) is 0 Å². The number of aromatic nitrogens is 3. The number of furan rings is 1. The zero-order valence-corrected chi connectivity index (χ0v) is 20.9. The van der Waals surface area contributed by atoms with Gasteiger partial charge in [0.25, 0.3) is 5.56 Å². The molecule has 0 bridgehead atoms. The van der Waals surface area contributed by atoms with Gasteiger partial charge in [0.15, 0.2) is 14.8 Å². The molecule has 10 heteroatoms. The van der Waals surface area contributed by atoms with Crippen molar-refractivity contribution in [2.24, 2.45) is 0 Å². The average Bonchev–Trinajstić information content (AvgIpc) is 3.48. The number of benzene rings is 1. The van der Waals surface area contributed by atoms with Crippen molar-refractivity contribution in [2.45, 2.75) is 49.8 Å². The minimum atomic E-state index is -0.194. The molecule has 1 saturated carbocycles. The Kier molecular flexibility index (Phi) is 6.98. The molecule has 0 saturated heterocycles. The van der Waals surface area contributed by atoms with E-state index in [0.717, 1.165) is 31.4 Å². The van der Waals surface area contributed by atoms with Crippen molar-refractivity contribution >= 4 is 51.6 Å². The molecule has 0 unspecified atom stereocenters. The van der Waals surface area contributed by atoms with Crippen LogP contribution in [0.3, 0.4) is 0 Å². The molecule has 1 amide bonds. The third-order valence-electron chi connectivity index (χ3n) is 5.87. The molecule has 7 nitrogen and oxygen atoms in total. The molecule has 1 aromatic carbocycles. The van der Waals surface area contributed by atoms with Gasteiger partial charge in [-0.2, -0.15) is 0 Å². The first-order valence-electron chi connectivity index (χ1n) is 11.3. The summed E-state index contributed by atoms with van der Waals surface area (Å²) in [6, 6.07) is 13.3. The highest BCUT2D eigenvalue weighted by Crippen LogP contribution is 2.26. The Morgan fingerprint density at radius 3 is 2.71 bits per heavy atom. The lowest BCUT2D eigenvalue weighted by Gasteiger charge is -2.22. The van der Waals surface area contributed by atoms with Crippen LogP contribution in [0.2, 0.25) is 0 Å². The van der Waals surface area contributed by atoms with Gasteiger partial charge in [0.2, 0.25) is 5.91 Å². The first-order valence-corrected chi connectivity index (χ1v) is 13.5. The van der Waals surface area contributed by atoms with Gasteiger partial charge in [0, 0.05) is 6.04 Å². The zero-order chi connectivity index (χ0) is 23.5. The molecule has 176 valence electrons. The molecule has 1 fully saturated rings. The van der Waals surface area contributed by atoms with E-state index in [4.69, 9.17) is 21.6 Å². The standard InChI is InChI=1S/C24H24N4O3S3/c29-19(25-16-8-3-1-4-9-16)15-33-23-26-21-20(22(30)28(23)17-10-5-2-6-11-17)34-24(32)27(21)14-18-12-7-13-31-18/h2,5-7,10-13,16H,1,3-4,8-9,14-15H2,(H,25,29). The number of para-hydroxylation sites is 1. The third kappa shape index (κ3) is 4.89. The molecule has 0 radical (unpaired) electrons. The van der Waals surface area contributed by atoms with Crippen LogP contribution in [0.25, 0.3) is 16.0 Å². The van der Waals surface area contributed by atoms with Gasteiger partial charge in [0.1, 0.15) is 10.5 Å². The minimum absolute atomic E-state index is 0.0383. The van der Waals surface area contributed by atoms with E-state index < -0.39 is 0 Å². The van der Waals surface area contributed by atoms with Crippen LogP contribution >= 0.6 is 35.3 Å². The molecular formula is C24H24N4O3S3. The Labute approximate surface area is 209 Å². The smallest absolute Gasteiger partial charge is 0.278 e. The predicted octanol–water partition coefficient (Wildman–Crippen LogP) is 5.16. The zero-order valence-electron chi connectivity index (χ0n) is 18.4. The molecule has 3 aromatic heterocycles. The van der Waals surface area contributed by atoms with Crippen LogP contribution in [0, 0.1) is 3.95 Å². The normalized spacial score (nSPS) is 14.5. The maximum absolute atomic E-state index is 13.6. The largest absolute Gasteiger partial charge is 0.467 e. The number of hydrogen-bond acceptors (Lipinski definition) is 7. The monoisotopic (exact) mass is 512 g/mol. The fourth-order valence-corrected chi connectivity index (χ4v) is 6.30. The molecule has 0 aliphatic heterocycles. The van der Waals surface area contributed by atoms with Crippen LogP contribution in [0.1, 0.15) is 37.9 Å². The Morgan fingerprint density at radius 1 is 1.18 bits per heavy atom. The molecule has 3 heterocycles. The summed E-state index contributed by atoms with van der Waals surface area (Å²) in [6.07, 6.45) is 7.20. The summed E-state index contributed by atoms with van der Waals surface area (Å²) in [5, 5.41) is 3.60. The van der Waals surface area contributed by atoms with Crippen molar-refractivity contribution in [3.8, 4) is 5.69 Å². The SMILES string of the molecule is O=C(CSc1nc2c(sc(=S)n2Cc2ccco2)c(=O)n1-c1ccccc1)NC1CCCCC1. The van der Waals surface area contributed by atoms with Crippen molar-refractivity contribution in [1.29, 1.82) is 0 Å². The van der Waals surface area contributed by atoms with Crippen LogP contribution in [-0.4, -0.2) is 31.8 Å². The van der Waals surface area contributed by atoms with Gasteiger partial charge in [-0.3, -0.25) is 18.7 Å². The number of nitrogens with zero attached hydrogens (tertiary/aromatic N) is 3. The number of fused-ring (bicyclic) bond motifs is 1. The Bertz CT molecular complexity index is 1400. The van der Waals surface area contributed by atoms with Gasteiger partial charge >= 0.3 is 0 Å². The van der Waals surface area contributed by atoms with Crippen molar-refractivity contribution in [3.63, 3.8) is 0 Å². The number of carbonyl (C=O) groups excluding carboxylic acids is 1. The number of amides is 1. The lowest BCUT2D eigenvalue weighted by atomic mass is 9.95. The second-order valence-corrected chi connectivity index (χ2v) is 10.8. The second kappa shape index (κ2) is 10.3.